The van der Waals surface area contributed by atoms with E-state index >= 15 is 0 Å². The molecule has 60 heavy (non-hydrogen) atoms. The molecular formula is C44H26B2N8O4Pt2-6. The van der Waals surface area contributed by atoms with E-state index in [1.807, 2.05) is 145 Å². The van der Waals surface area contributed by atoms with Crippen LogP contribution in [0.5, 0.6) is 46.0 Å². The Morgan fingerprint density at radius 2 is 0.833 bits per heavy atom. The van der Waals surface area contributed by atoms with Gasteiger partial charge in [0.05, 0.1) is 0 Å². The van der Waals surface area contributed by atoms with Crippen molar-refractivity contribution in [1.82, 2.24) is 29.4 Å². The van der Waals surface area contributed by atoms with Crippen molar-refractivity contribution >= 4 is 57.6 Å². The molecule has 0 bridgehead atoms. The molecule has 6 aliphatic heterocycles. The van der Waals surface area contributed by atoms with Crippen molar-refractivity contribution in [2.45, 2.75) is 0 Å². The van der Waals surface area contributed by atoms with Gasteiger partial charge in [0.25, 0.3) is 0 Å². The SMILES string of the molecule is CN1C=CN(c2[c-]c3c(cc2)Oc2c4c5c(c6c2B3c2[c-]c(-n3cccn3)ccc2O6)Oc2ccc(-n3cccn3)[c-]c2B5c2[c-]c(N3C=CN(C)[CH-]3)ccc2O4)[CH-]1.[Pt].[Pt]. The molecular weight excluding hydrogens is 1120 g/mol. The van der Waals surface area contributed by atoms with Crippen LogP contribution in [0.25, 0.3) is 11.4 Å². The second-order valence-corrected chi connectivity index (χ2v) is 14.8. The van der Waals surface area contributed by atoms with Crippen molar-refractivity contribution in [1.29, 1.82) is 0 Å². The number of benzene rings is 5. The number of aromatic nitrogens is 4. The van der Waals surface area contributed by atoms with E-state index in [1.54, 1.807) is 21.8 Å². The van der Waals surface area contributed by atoms with Crippen molar-refractivity contribution in [3.63, 3.8) is 0 Å². The fourth-order valence-corrected chi connectivity index (χ4v) is 8.66. The summed E-state index contributed by atoms with van der Waals surface area (Å²) in [5.74, 6) is 4.81. The van der Waals surface area contributed by atoms with Crippen LogP contribution in [0.3, 0.4) is 0 Å². The van der Waals surface area contributed by atoms with Crippen molar-refractivity contribution in [3.8, 4) is 57.4 Å². The molecule has 298 valence electrons. The summed E-state index contributed by atoms with van der Waals surface area (Å²) < 4.78 is 31.6. The summed E-state index contributed by atoms with van der Waals surface area (Å²) in [5, 5.41) is 9.02. The van der Waals surface area contributed by atoms with Gasteiger partial charge in [-0.3, -0.25) is 9.36 Å². The van der Waals surface area contributed by atoms with Gasteiger partial charge in [-0.2, -0.15) is 47.8 Å². The van der Waals surface area contributed by atoms with E-state index in [9.17, 15) is 0 Å². The Morgan fingerprint density at radius 1 is 0.483 bits per heavy atom. The standard InChI is InChI=1S/C44H26B2N8O4.2Pt/c1-49-17-19-51(25-49)27-5-9-35-31(21-27)45-33-23-29(53-15-3-13-47-53)7-11-37(33)57-43-39(45)41(55-35)42-40-44(43)58-38-12-8-30(54-16-4-14-48-54)24-34(38)46(40)32-22-28(6-10-36(32)56-42)52-20-18-50(2)26-52;;/h3-20,25-26H,1-2H3;;/q-6;;. The zero-order chi connectivity index (χ0) is 38.2. The van der Waals surface area contributed by atoms with Gasteiger partial charge in [0.1, 0.15) is 0 Å². The summed E-state index contributed by atoms with van der Waals surface area (Å²) in [6.45, 7) is 3.19. The fraction of sp³-hybridized carbons (Fsp3) is 0.0455. The average Bonchev–Trinajstić information content (AvgIpc) is 4.11. The first-order valence-corrected chi connectivity index (χ1v) is 18.8. The number of nitrogens with zero attached hydrogens (tertiary/aromatic N) is 8. The van der Waals surface area contributed by atoms with Gasteiger partial charge in [0.15, 0.2) is 23.0 Å². The summed E-state index contributed by atoms with van der Waals surface area (Å²) in [6, 6.07) is 34.5. The molecule has 0 atom stereocenters. The van der Waals surface area contributed by atoms with E-state index in [-0.39, 0.29) is 42.1 Å². The predicted octanol–water partition coefficient (Wildman–Crippen LogP) is 3.39. The summed E-state index contributed by atoms with van der Waals surface area (Å²) in [5.41, 5.74) is 8.16. The average molecular weight is 1140 g/mol. The van der Waals surface area contributed by atoms with Gasteiger partial charge in [0.2, 0.25) is 13.4 Å². The quantitative estimate of drug-likeness (QED) is 0.194. The van der Waals surface area contributed by atoms with Crippen LogP contribution in [0.4, 0.5) is 11.4 Å². The molecule has 0 fully saturated rings. The van der Waals surface area contributed by atoms with E-state index in [0.717, 1.165) is 55.5 Å². The normalized spacial score (nSPS) is 15.3. The Kier molecular flexibility index (Phi) is 8.45. The van der Waals surface area contributed by atoms with Crippen LogP contribution in [0.15, 0.2) is 110 Å². The maximum absolute atomic E-state index is 7.01. The molecule has 0 saturated heterocycles. The topological polar surface area (TPSA) is 85.5 Å². The van der Waals surface area contributed by atoms with Crippen LogP contribution in [0.1, 0.15) is 0 Å². The number of hydrogen-bond acceptors (Lipinski definition) is 10. The second kappa shape index (κ2) is 13.7. The van der Waals surface area contributed by atoms with E-state index in [0.29, 0.717) is 46.0 Å². The van der Waals surface area contributed by atoms with Crippen LogP contribution in [-0.2, 0) is 42.1 Å². The zero-order valence-electron chi connectivity index (χ0n) is 31.5. The molecule has 6 aliphatic rings. The third-order valence-corrected chi connectivity index (χ3v) is 11.3. The predicted molar refractivity (Wildman–Crippen MR) is 219 cm³/mol. The third kappa shape index (κ3) is 5.39. The first-order valence-electron chi connectivity index (χ1n) is 18.8. The second-order valence-electron chi connectivity index (χ2n) is 14.8. The minimum absolute atomic E-state index is 0. The molecule has 16 heteroatoms. The third-order valence-electron chi connectivity index (χ3n) is 11.3. The molecule has 0 unspecified atom stereocenters. The Hall–Kier alpha value is -6.09. The Balaban J connectivity index is 0.00000204. The number of ether oxygens (including phenoxy) is 4. The monoisotopic (exact) mass is 1140 g/mol. The maximum atomic E-state index is 7.01. The van der Waals surface area contributed by atoms with Gasteiger partial charge >= 0.3 is 0 Å². The Labute approximate surface area is 374 Å². The molecule has 2 aromatic heterocycles. The van der Waals surface area contributed by atoms with Crippen LogP contribution < -0.4 is 61.5 Å². The fourth-order valence-electron chi connectivity index (χ4n) is 8.66. The van der Waals surface area contributed by atoms with Gasteiger partial charge in [-0.15, -0.1) is 81.8 Å². The minimum atomic E-state index is -0.413. The van der Waals surface area contributed by atoms with Crippen molar-refractivity contribution in [3.05, 3.63) is 148 Å². The molecule has 13 rings (SSSR count). The minimum Gasteiger partial charge on any atom is -0.514 e. The van der Waals surface area contributed by atoms with Crippen molar-refractivity contribution < 1.29 is 61.1 Å². The van der Waals surface area contributed by atoms with Crippen molar-refractivity contribution in [2.24, 2.45) is 0 Å². The number of rotatable bonds is 4. The van der Waals surface area contributed by atoms with Crippen LogP contribution in [0, 0.1) is 37.6 Å². The first kappa shape index (κ1) is 36.9. The zero-order valence-corrected chi connectivity index (χ0v) is 36.1. The van der Waals surface area contributed by atoms with Crippen LogP contribution >= 0.6 is 0 Å². The summed E-state index contributed by atoms with van der Waals surface area (Å²) in [6.07, 6.45) is 15.3. The number of hydrogen-bond donors (Lipinski definition) is 0. The maximum Gasteiger partial charge on any atom is 0.208 e. The smallest absolute Gasteiger partial charge is 0.208 e. The molecule has 7 aromatic rings. The largest absolute Gasteiger partial charge is 0.514 e. The molecule has 0 amide bonds. The van der Waals surface area contributed by atoms with Gasteiger partial charge in [-0.1, -0.05) is 0 Å². The molecule has 0 spiro atoms. The van der Waals surface area contributed by atoms with Gasteiger partial charge in [-0.25, -0.2) is 0 Å². The van der Waals surface area contributed by atoms with Crippen LogP contribution in [0.2, 0.25) is 0 Å². The first-order chi connectivity index (χ1) is 28.5. The molecule has 12 nitrogen and oxygen atoms in total. The number of anilines is 2. The Morgan fingerprint density at radius 3 is 1.15 bits per heavy atom. The Bertz CT molecular complexity index is 2750. The molecule has 0 saturated carbocycles. The molecule has 8 heterocycles. The number of fused-ring (bicyclic) bond motifs is 10. The van der Waals surface area contributed by atoms with Crippen molar-refractivity contribution in [2.75, 3.05) is 23.9 Å². The van der Waals surface area contributed by atoms with Gasteiger partial charge in [-0.05, 0) is 62.4 Å². The van der Waals surface area contributed by atoms with E-state index in [1.165, 1.54) is 0 Å². The van der Waals surface area contributed by atoms with Crippen LogP contribution in [-0.4, -0.2) is 56.9 Å². The molecule has 5 aromatic carbocycles. The molecule has 0 aliphatic carbocycles. The molecule has 0 N–H and O–H groups in total. The van der Waals surface area contributed by atoms with E-state index < -0.39 is 13.4 Å². The van der Waals surface area contributed by atoms with E-state index in [2.05, 4.69) is 34.5 Å². The van der Waals surface area contributed by atoms with Gasteiger partial charge < -0.3 is 38.5 Å². The van der Waals surface area contributed by atoms with Gasteiger partial charge in [0, 0.05) is 101 Å². The summed E-state index contributed by atoms with van der Waals surface area (Å²) in [7, 11) is 3.99. The van der Waals surface area contributed by atoms with E-state index in [4.69, 9.17) is 18.9 Å². The molecule has 0 radical (unpaired) electrons. The summed E-state index contributed by atoms with van der Waals surface area (Å²) >= 11 is 0. The summed E-state index contributed by atoms with van der Waals surface area (Å²) in [4.78, 5) is 8.07.